The van der Waals surface area contributed by atoms with Crippen LogP contribution >= 0.6 is 0 Å². The first-order valence-electron chi connectivity index (χ1n) is 10.8. The molecule has 0 amide bonds. The van der Waals surface area contributed by atoms with Gasteiger partial charge in [-0.05, 0) is 86.4 Å². The molecular formula is C22H40O2. The smallest absolute Gasteiger partial charge is 0.0566 e. The van der Waals surface area contributed by atoms with Crippen LogP contribution in [-0.2, 0) is 0 Å². The molecule has 6 atom stereocenters. The molecule has 0 aromatic carbocycles. The fourth-order valence-electron chi connectivity index (χ4n) is 6.61. The lowest BCUT2D eigenvalue weighted by molar-refractivity contribution is -0.0809. The number of hydrogen-bond donors (Lipinski definition) is 2. The van der Waals surface area contributed by atoms with Crippen molar-refractivity contribution >= 4 is 0 Å². The van der Waals surface area contributed by atoms with Gasteiger partial charge >= 0.3 is 0 Å². The van der Waals surface area contributed by atoms with E-state index in [1.54, 1.807) is 0 Å². The first-order chi connectivity index (χ1) is 11.4. The van der Waals surface area contributed by atoms with Gasteiger partial charge in [-0.15, -0.1) is 0 Å². The predicted molar refractivity (Wildman–Crippen MR) is 99.7 cm³/mol. The van der Waals surface area contributed by atoms with Gasteiger partial charge in [-0.2, -0.15) is 0 Å². The van der Waals surface area contributed by atoms with Gasteiger partial charge in [0.25, 0.3) is 0 Å². The van der Waals surface area contributed by atoms with Crippen LogP contribution in [0.5, 0.6) is 0 Å². The highest BCUT2D eigenvalue weighted by molar-refractivity contribution is 4.99. The zero-order valence-electron chi connectivity index (χ0n) is 16.2. The summed E-state index contributed by atoms with van der Waals surface area (Å²) >= 11 is 0. The van der Waals surface area contributed by atoms with Crippen molar-refractivity contribution in [2.75, 3.05) is 0 Å². The minimum atomic E-state index is -0.0797. The first kappa shape index (κ1) is 18.7. The van der Waals surface area contributed by atoms with Crippen molar-refractivity contribution in [1.82, 2.24) is 0 Å². The number of aliphatic hydroxyl groups is 2. The maximum atomic E-state index is 10.2. The van der Waals surface area contributed by atoms with Crippen LogP contribution in [0.4, 0.5) is 0 Å². The zero-order chi connectivity index (χ0) is 17.3. The summed E-state index contributed by atoms with van der Waals surface area (Å²) in [6.07, 6.45) is 13.8. The lowest BCUT2D eigenvalue weighted by Crippen LogP contribution is -2.48. The third-order valence-corrected chi connectivity index (χ3v) is 8.49. The van der Waals surface area contributed by atoms with Crippen molar-refractivity contribution in [3.8, 4) is 0 Å². The van der Waals surface area contributed by atoms with E-state index in [2.05, 4.69) is 20.8 Å². The molecule has 0 aromatic rings. The number of rotatable bonds is 3. The van der Waals surface area contributed by atoms with E-state index < -0.39 is 0 Å². The summed E-state index contributed by atoms with van der Waals surface area (Å²) in [6, 6.07) is 0. The molecule has 3 aliphatic carbocycles. The zero-order valence-corrected chi connectivity index (χ0v) is 16.2. The Balaban J connectivity index is 1.83. The van der Waals surface area contributed by atoms with Crippen LogP contribution < -0.4 is 0 Å². The largest absolute Gasteiger partial charge is 0.393 e. The molecule has 0 saturated heterocycles. The second-order valence-electron chi connectivity index (χ2n) is 9.81. The van der Waals surface area contributed by atoms with E-state index in [-0.39, 0.29) is 12.2 Å². The molecule has 2 N–H and O–H groups in total. The standard InChI is InChI=1S/C22H40O2/c1-15-13-18(9-11-20(15)23)22(3,17-7-5-4-6-8-17)19-10-12-21(24)16(2)14-19/h15-21,23-24H,4-14H2,1-3H3. The maximum Gasteiger partial charge on any atom is 0.0566 e. The van der Waals surface area contributed by atoms with Crippen LogP contribution in [0.1, 0.15) is 91.4 Å². The van der Waals surface area contributed by atoms with Crippen molar-refractivity contribution in [3.63, 3.8) is 0 Å². The van der Waals surface area contributed by atoms with E-state index in [4.69, 9.17) is 0 Å². The average molecular weight is 337 g/mol. The fourth-order valence-corrected chi connectivity index (χ4v) is 6.61. The van der Waals surface area contributed by atoms with Crippen molar-refractivity contribution < 1.29 is 10.2 Å². The highest BCUT2D eigenvalue weighted by Gasteiger charge is 2.50. The lowest BCUT2D eigenvalue weighted by atomic mass is 9.51. The van der Waals surface area contributed by atoms with Crippen LogP contribution in [0.3, 0.4) is 0 Å². The summed E-state index contributed by atoms with van der Waals surface area (Å²) < 4.78 is 0. The Hall–Kier alpha value is -0.0800. The Kier molecular flexibility index (Phi) is 5.97. The molecule has 0 heterocycles. The van der Waals surface area contributed by atoms with Gasteiger partial charge < -0.3 is 10.2 Å². The van der Waals surface area contributed by atoms with Crippen molar-refractivity contribution in [2.45, 2.75) is 104 Å². The van der Waals surface area contributed by atoms with Gasteiger partial charge in [-0.3, -0.25) is 0 Å². The van der Waals surface area contributed by atoms with Gasteiger partial charge in [0, 0.05) is 0 Å². The minimum Gasteiger partial charge on any atom is -0.393 e. The molecule has 24 heavy (non-hydrogen) atoms. The predicted octanol–water partition coefficient (Wildman–Crippen LogP) is 5.17. The summed E-state index contributed by atoms with van der Waals surface area (Å²) in [6.45, 7) is 7.13. The van der Waals surface area contributed by atoms with E-state index in [0.29, 0.717) is 17.3 Å². The van der Waals surface area contributed by atoms with Crippen LogP contribution in [-0.4, -0.2) is 22.4 Å². The maximum absolute atomic E-state index is 10.2. The molecule has 6 unspecified atom stereocenters. The molecule has 3 rings (SSSR count). The minimum absolute atomic E-state index is 0.0797. The molecule has 0 aromatic heterocycles. The van der Waals surface area contributed by atoms with E-state index in [0.717, 1.165) is 30.6 Å². The molecule has 0 radical (unpaired) electrons. The Morgan fingerprint density at radius 2 is 1.08 bits per heavy atom. The average Bonchev–Trinajstić information content (AvgIpc) is 2.60. The van der Waals surface area contributed by atoms with Crippen molar-refractivity contribution in [1.29, 1.82) is 0 Å². The van der Waals surface area contributed by atoms with Gasteiger partial charge in [0.05, 0.1) is 12.2 Å². The summed E-state index contributed by atoms with van der Waals surface area (Å²) in [4.78, 5) is 0. The normalized spacial score (nSPS) is 44.9. The van der Waals surface area contributed by atoms with Gasteiger partial charge in [0.1, 0.15) is 0 Å². The quantitative estimate of drug-likeness (QED) is 0.746. The second-order valence-corrected chi connectivity index (χ2v) is 9.81. The lowest BCUT2D eigenvalue weighted by Gasteiger charge is -2.55. The molecule has 3 fully saturated rings. The molecule has 3 saturated carbocycles. The van der Waals surface area contributed by atoms with Crippen LogP contribution in [0.15, 0.2) is 0 Å². The molecule has 0 spiro atoms. The first-order valence-corrected chi connectivity index (χ1v) is 10.8. The molecular weight excluding hydrogens is 296 g/mol. The number of aliphatic hydroxyl groups excluding tert-OH is 2. The van der Waals surface area contributed by atoms with E-state index in [1.807, 2.05) is 0 Å². The second kappa shape index (κ2) is 7.66. The Labute approximate surface area is 149 Å². The molecule has 2 heteroatoms. The Morgan fingerprint density at radius 1 is 0.625 bits per heavy atom. The third kappa shape index (κ3) is 3.56. The van der Waals surface area contributed by atoms with Crippen LogP contribution in [0.25, 0.3) is 0 Å². The van der Waals surface area contributed by atoms with Crippen LogP contribution in [0.2, 0.25) is 0 Å². The van der Waals surface area contributed by atoms with E-state index in [1.165, 1.54) is 57.8 Å². The van der Waals surface area contributed by atoms with Gasteiger partial charge in [0.15, 0.2) is 0 Å². The molecule has 0 aliphatic heterocycles. The van der Waals surface area contributed by atoms with E-state index in [9.17, 15) is 10.2 Å². The van der Waals surface area contributed by atoms with Crippen molar-refractivity contribution in [2.24, 2.45) is 35.0 Å². The Bertz CT molecular complexity index is 375. The molecule has 2 nitrogen and oxygen atoms in total. The topological polar surface area (TPSA) is 40.5 Å². The highest BCUT2D eigenvalue weighted by atomic mass is 16.3. The van der Waals surface area contributed by atoms with Gasteiger partial charge in [-0.1, -0.05) is 40.0 Å². The highest BCUT2D eigenvalue weighted by Crippen LogP contribution is 2.57. The SMILES string of the molecule is CC1CC(C(C)(C2CCCCC2)C2CCC(O)C(C)C2)CCC1O. The number of hydrogen-bond acceptors (Lipinski definition) is 2. The summed E-state index contributed by atoms with van der Waals surface area (Å²) in [5, 5.41) is 20.5. The monoisotopic (exact) mass is 336 g/mol. The summed E-state index contributed by atoms with van der Waals surface area (Å²) in [5.74, 6) is 3.32. The third-order valence-electron chi connectivity index (χ3n) is 8.49. The van der Waals surface area contributed by atoms with E-state index >= 15 is 0 Å². The van der Waals surface area contributed by atoms with Crippen LogP contribution in [0, 0.1) is 35.0 Å². The fraction of sp³-hybridized carbons (Fsp3) is 1.00. The molecule has 3 aliphatic rings. The Morgan fingerprint density at radius 3 is 1.50 bits per heavy atom. The summed E-state index contributed by atoms with van der Waals surface area (Å²) in [5.41, 5.74) is 0.420. The molecule has 140 valence electrons. The van der Waals surface area contributed by atoms with Crippen molar-refractivity contribution in [3.05, 3.63) is 0 Å². The van der Waals surface area contributed by atoms with Gasteiger partial charge in [0.2, 0.25) is 0 Å². The summed E-state index contributed by atoms with van der Waals surface area (Å²) in [7, 11) is 0. The van der Waals surface area contributed by atoms with Gasteiger partial charge in [-0.25, -0.2) is 0 Å². The molecule has 0 bridgehead atoms.